The number of aromatic nitrogens is 1. The van der Waals surface area contributed by atoms with E-state index in [2.05, 4.69) is 10.3 Å². The number of pyridine rings is 1. The first-order chi connectivity index (χ1) is 7.77. The Morgan fingerprint density at radius 1 is 1.06 bits per heavy atom. The van der Waals surface area contributed by atoms with Crippen molar-refractivity contribution in [2.75, 3.05) is 5.32 Å². The number of benzene rings is 1. The molecule has 1 heterocycles. The van der Waals surface area contributed by atoms with Crippen LogP contribution in [0.1, 0.15) is 5.56 Å². The van der Waals surface area contributed by atoms with E-state index >= 15 is 0 Å². The van der Waals surface area contributed by atoms with Crippen molar-refractivity contribution in [3.05, 3.63) is 59.8 Å². The first-order valence-electron chi connectivity index (χ1n) is 4.85. The second kappa shape index (κ2) is 4.70. The smallest absolute Gasteiger partial charge is 0.163 e. The lowest BCUT2D eigenvalue weighted by Crippen LogP contribution is -2.04. The predicted molar refractivity (Wildman–Crippen MR) is 57.9 cm³/mol. The molecule has 0 spiro atoms. The number of anilines is 1. The van der Waals surface area contributed by atoms with E-state index < -0.39 is 11.6 Å². The van der Waals surface area contributed by atoms with Crippen molar-refractivity contribution in [3.8, 4) is 0 Å². The molecule has 2 nitrogen and oxygen atoms in total. The molecule has 4 heteroatoms. The fourth-order valence-corrected chi connectivity index (χ4v) is 1.34. The van der Waals surface area contributed by atoms with E-state index in [1.54, 1.807) is 18.3 Å². The Kier molecular flexibility index (Phi) is 3.10. The molecule has 0 unspecified atom stereocenters. The molecule has 16 heavy (non-hydrogen) atoms. The molecular weight excluding hydrogens is 210 g/mol. The monoisotopic (exact) mass is 220 g/mol. The highest BCUT2D eigenvalue weighted by Crippen LogP contribution is 2.12. The summed E-state index contributed by atoms with van der Waals surface area (Å²) in [5.41, 5.74) is 0.283. The van der Waals surface area contributed by atoms with E-state index in [-0.39, 0.29) is 12.1 Å². The lowest BCUT2D eigenvalue weighted by molar-refractivity contribution is 0.500. The standard InChI is InChI=1S/C12H10F2N2/c13-10-5-3-4-9(12(10)14)8-16-11-6-1-2-7-15-11/h1-7H,8H2,(H,15,16). The predicted octanol–water partition coefficient (Wildman–Crippen LogP) is 2.97. The Hall–Kier alpha value is -1.97. The van der Waals surface area contributed by atoms with Crippen LogP contribution in [0.2, 0.25) is 0 Å². The molecule has 2 rings (SSSR count). The van der Waals surface area contributed by atoms with Gasteiger partial charge >= 0.3 is 0 Å². The summed E-state index contributed by atoms with van der Waals surface area (Å²) in [6.07, 6.45) is 1.63. The van der Waals surface area contributed by atoms with E-state index in [0.717, 1.165) is 6.07 Å². The molecule has 0 aliphatic rings. The zero-order valence-corrected chi connectivity index (χ0v) is 8.45. The Morgan fingerprint density at radius 3 is 2.69 bits per heavy atom. The normalized spacial score (nSPS) is 10.1. The molecule has 0 radical (unpaired) electrons. The molecular formula is C12H10F2N2. The van der Waals surface area contributed by atoms with E-state index in [9.17, 15) is 8.78 Å². The molecule has 0 saturated heterocycles. The Labute approximate surface area is 92.0 Å². The van der Waals surface area contributed by atoms with Gasteiger partial charge in [0.25, 0.3) is 0 Å². The number of nitrogens with one attached hydrogen (secondary N) is 1. The maximum Gasteiger partial charge on any atom is 0.163 e. The van der Waals surface area contributed by atoms with Gasteiger partial charge in [-0.05, 0) is 18.2 Å². The Bertz CT molecular complexity index is 472. The maximum absolute atomic E-state index is 13.3. The van der Waals surface area contributed by atoms with Crippen molar-refractivity contribution in [2.45, 2.75) is 6.54 Å². The fourth-order valence-electron chi connectivity index (χ4n) is 1.34. The van der Waals surface area contributed by atoms with E-state index in [4.69, 9.17) is 0 Å². The molecule has 0 amide bonds. The highest BCUT2D eigenvalue weighted by molar-refractivity contribution is 5.35. The number of hydrogen-bond donors (Lipinski definition) is 1. The van der Waals surface area contributed by atoms with Gasteiger partial charge in [0.1, 0.15) is 5.82 Å². The Morgan fingerprint density at radius 2 is 1.94 bits per heavy atom. The number of halogens is 2. The van der Waals surface area contributed by atoms with E-state index in [1.807, 2.05) is 6.07 Å². The SMILES string of the molecule is Fc1cccc(CNc2ccccn2)c1F. The highest BCUT2D eigenvalue weighted by Gasteiger charge is 2.06. The molecule has 1 N–H and O–H groups in total. The van der Waals surface area contributed by atoms with Crippen LogP contribution in [0.4, 0.5) is 14.6 Å². The van der Waals surface area contributed by atoms with Gasteiger partial charge in [-0.1, -0.05) is 18.2 Å². The molecule has 1 aromatic heterocycles. The van der Waals surface area contributed by atoms with Gasteiger partial charge in [-0.2, -0.15) is 0 Å². The molecule has 0 fully saturated rings. The topological polar surface area (TPSA) is 24.9 Å². The van der Waals surface area contributed by atoms with Crippen LogP contribution in [-0.4, -0.2) is 4.98 Å². The van der Waals surface area contributed by atoms with Crippen LogP contribution in [0.25, 0.3) is 0 Å². The number of nitrogens with zero attached hydrogens (tertiary/aromatic N) is 1. The van der Waals surface area contributed by atoms with Crippen LogP contribution < -0.4 is 5.32 Å². The molecule has 0 bridgehead atoms. The van der Waals surface area contributed by atoms with Gasteiger partial charge in [0, 0.05) is 18.3 Å². The van der Waals surface area contributed by atoms with Gasteiger partial charge < -0.3 is 5.32 Å². The molecule has 0 saturated carbocycles. The van der Waals surface area contributed by atoms with Crippen molar-refractivity contribution in [3.63, 3.8) is 0 Å². The van der Waals surface area contributed by atoms with Crippen molar-refractivity contribution in [1.29, 1.82) is 0 Å². The van der Waals surface area contributed by atoms with Gasteiger partial charge in [-0.15, -0.1) is 0 Å². The quantitative estimate of drug-likeness (QED) is 0.860. The molecule has 0 atom stereocenters. The third-order valence-electron chi connectivity index (χ3n) is 2.16. The molecule has 2 aromatic rings. The van der Waals surface area contributed by atoms with Gasteiger partial charge in [-0.25, -0.2) is 13.8 Å². The van der Waals surface area contributed by atoms with Crippen LogP contribution in [0.5, 0.6) is 0 Å². The largest absolute Gasteiger partial charge is 0.366 e. The third-order valence-corrected chi connectivity index (χ3v) is 2.16. The number of hydrogen-bond acceptors (Lipinski definition) is 2. The van der Waals surface area contributed by atoms with Gasteiger partial charge in [0.15, 0.2) is 11.6 Å². The zero-order chi connectivity index (χ0) is 11.4. The second-order valence-electron chi connectivity index (χ2n) is 3.28. The van der Waals surface area contributed by atoms with Crippen molar-refractivity contribution >= 4 is 5.82 Å². The lowest BCUT2D eigenvalue weighted by Gasteiger charge is -2.06. The second-order valence-corrected chi connectivity index (χ2v) is 3.28. The number of rotatable bonds is 3. The summed E-state index contributed by atoms with van der Waals surface area (Å²) in [6.45, 7) is 0.209. The van der Waals surface area contributed by atoms with Crippen LogP contribution in [0, 0.1) is 11.6 Å². The summed E-state index contributed by atoms with van der Waals surface area (Å²) in [4.78, 5) is 4.02. The third kappa shape index (κ3) is 2.34. The van der Waals surface area contributed by atoms with E-state index in [1.165, 1.54) is 12.1 Å². The van der Waals surface area contributed by atoms with Crippen LogP contribution >= 0.6 is 0 Å². The van der Waals surface area contributed by atoms with Gasteiger partial charge in [0.05, 0.1) is 0 Å². The van der Waals surface area contributed by atoms with Gasteiger partial charge in [-0.3, -0.25) is 0 Å². The highest BCUT2D eigenvalue weighted by atomic mass is 19.2. The molecule has 82 valence electrons. The summed E-state index contributed by atoms with van der Waals surface area (Å²) in [6, 6.07) is 9.48. The summed E-state index contributed by atoms with van der Waals surface area (Å²) in [7, 11) is 0. The minimum Gasteiger partial charge on any atom is -0.366 e. The van der Waals surface area contributed by atoms with Gasteiger partial charge in [0.2, 0.25) is 0 Å². The maximum atomic E-state index is 13.3. The molecule has 1 aromatic carbocycles. The first kappa shape index (κ1) is 10.5. The minimum atomic E-state index is -0.833. The van der Waals surface area contributed by atoms with Crippen LogP contribution in [0.3, 0.4) is 0 Å². The van der Waals surface area contributed by atoms with Crippen LogP contribution in [-0.2, 0) is 6.54 Å². The average Bonchev–Trinajstić information content (AvgIpc) is 2.32. The summed E-state index contributed by atoms with van der Waals surface area (Å²) >= 11 is 0. The summed E-state index contributed by atoms with van der Waals surface area (Å²) < 4.78 is 26.2. The van der Waals surface area contributed by atoms with E-state index in [0.29, 0.717) is 5.82 Å². The summed E-state index contributed by atoms with van der Waals surface area (Å²) in [5.74, 6) is -1.02. The molecule has 0 aliphatic heterocycles. The van der Waals surface area contributed by atoms with Crippen molar-refractivity contribution in [2.24, 2.45) is 0 Å². The Balaban J connectivity index is 2.08. The van der Waals surface area contributed by atoms with Crippen molar-refractivity contribution in [1.82, 2.24) is 4.98 Å². The first-order valence-corrected chi connectivity index (χ1v) is 4.85. The molecule has 0 aliphatic carbocycles. The van der Waals surface area contributed by atoms with Crippen molar-refractivity contribution < 1.29 is 8.78 Å². The summed E-state index contributed by atoms with van der Waals surface area (Å²) in [5, 5.41) is 2.91. The van der Waals surface area contributed by atoms with Crippen LogP contribution in [0.15, 0.2) is 42.6 Å². The zero-order valence-electron chi connectivity index (χ0n) is 8.45. The minimum absolute atomic E-state index is 0.209. The fraction of sp³-hybridized carbons (Fsp3) is 0.0833. The average molecular weight is 220 g/mol. The lowest BCUT2D eigenvalue weighted by atomic mass is 10.2.